The van der Waals surface area contributed by atoms with E-state index < -0.39 is 35.8 Å². The molecule has 1 saturated heterocycles. The highest BCUT2D eigenvalue weighted by atomic mass is 19.3. The van der Waals surface area contributed by atoms with Crippen LogP contribution in [0, 0.1) is 24.5 Å². The van der Waals surface area contributed by atoms with E-state index in [1.807, 2.05) is 24.3 Å². The molecule has 1 aliphatic heterocycles. The van der Waals surface area contributed by atoms with Crippen LogP contribution in [-0.2, 0) is 10.7 Å². The standard InChI is InChI=1S/C29H27F4NO2/c1-17-12-27(31)23(14-26(17)30)24-15-29(32,33)25-13-21(36)6-7-22(25)28(24)19-2-4-20(5-3-19)34-10-8-18(16-35)9-11-34/h2-7,12-14,16,18,24,28,36H,8-11,15H2,1H3/t24-,28-/m1/s1. The SMILES string of the molecule is Cc1cc(F)c([C@H]2CC(F)(F)c3cc(O)ccc3[C@H]2c2ccc(N3CCC(C=O)CC3)cc2)cc1F. The van der Waals surface area contributed by atoms with Crippen LogP contribution >= 0.6 is 0 Å². The van der Waals surface area contributed by atoms with Crippen molar-refractivity contribution in [1.29, 1.82) is 0 Å². The second-order valence-corrected chi connectivity index (χ2v) is 9.94. The Hall–Kier alpha value is -3.35. The summed E-state index contributed by atoms with van der Waals surface area (Å²) in [6.07, 6.45) is 1.84. The Bertz CT molecular complexity index is 1280. The van der Waals surface area contributed by atoms with Crippen molar-refractivity contribution in [2.45, 2.75) is 43.9 Å². The van der Waals surface area contributed by atoms with Crippen LogP contribution in [0.1, 0.15) is 58.9 Å². The second-order valence-electron chi connectivity index (χ2n) is 9.94. The van der Waals surface area contributed by atoms with Crippen LogP contribution in [0.3, 0.4) is 0 Å². The molecule has 0 spiro atoms. The van der Waals surface area contributed by atoms with Crippen molar-refractivity contribution in [3.8, 4) is 5.75 Å². The summed E-state index contributed by atoms with van der Waals surface area (Å²) in [5, 5.41) is 9.92. The first-order valence-corrected chi connectivity index (χ1v) is 12.1. The van der Waals surface area contributed by atoms with E-state index in [1.165, 1.54) is 19.1 Å². The highest BCUT2D eigenvalue weighted by molar-refractivity contribution is 5.57. The third-order valence-corrected chi connectivity index (χ3v) is 7.67. The number of aryl methyl sites for hydroxylation is 1. The van der Waals surface area contributed by atoms with Crippen LogP contribution in [0.25, 0.3) is 0 Å². The molecule has 2 aliphatic rings. The summed E-state index contributed by atoms with van der Waals surface area (Å²) in [5.74, 6) is -6.55. The van der Waals surface area contributed by atoms with E-state index >= 15 is 13.2 Å². The highest BCUT2D eigenvalue weighted by Gasteiger charge is 2.47. The number of hydrogen-bond donors (Lipinski definition) is 1. The van der Waals surface area contributed by atoms with Gasteiger partial charge < -0.3 is 14.8 Å². The second kappa shape index (κ2) is 9.26. The lowest BCUT2D eigenvalue weighted by Crippen LogP contribution is -2.34. The first-order chi connectivity index (χ1) is 17.2. The average Bonchev–Trinajstić information content (AvgIpc) is 2.86. The first-order valence-electron chi connectivity index (χ1n) is 12.1. The number of benzene rings is 3. The van der Waals surface area contributed by atoms with Gasteiger partial charge in [-0.3, -0.25) is 0 Å². The van der Waals surface area contributed by atoms with Crippen LogP contribution in [0.4, 0.5) is 23.2 Å². The summed E-state index contributed by atoms with van der Waals surface area (Å²) in [6, 6.07) is 13.5. The Morgan fingerprint density at radius 2 is 1.64 bits per heavy atom. The zero-order valence-corrected chi connectivity index (χ0v) is 19.9. The fourth-order valence-electron chi connectivity index (χ4n) is 5.69. The molecule has 3 nitrogen and oxygen atoms in total. The molecule has 3 aromatic rings. The molecule has 1 N–H and O–H groups in total. The van der Waals surface area contributed by atoms with Gasteiger partial charge in [-0.05, 0) is 78.4 Å². The summed E-state index contributed by atoms with van der Waals surface area (Å²) >= 11 is 0. The molecule has 1 fully saturated rings. The van der Waals surface area contributed by atoms with E-state index in [-0.39, 0.29) is 33.9 Å². The first kappa shape index (κ1) is 24.3. The van der Waals surface area contributed by atoms with Gasteiger partial charge in [0.15, 0.2) is 0 Å². The maximum absolute atomic E-state index is 15.3. The zero-order chi connectivity index (χ0) is 25.6. The minimum absolute atomic E-state index is 0.0721. The Morgan fingerprint density at radius 1 is 0.944 bits per heavy atom. The molecule has 0 unspecified atom stereocenters. The number of hydrogen-bond acceptors (Lipinski definition) is 3. The van der Waals surface area contributed by atoms with Crippen LogP contribution in [0.15, 0.2) is 54.6 Å². The number of nitrogens with zero attached hydrogens (tertiary/aromatic N) is 1. The molecule has 0 amide bonds. The lowest BCUT2D eigenvalue weighted by Gasteiger charge is -2.39. The van der Waals surface area contributed by atoms with Gasteiger partial charge in [0.25, 0.3) is 5.92 Å². The highest BCUT2D eigenvalue weighted by Crippen LogP contribution is 2.55. The minimum Gasteiger partial charge on any atom is -0.508 e. The van der Waals surface area contributed by atoms with Gasteiger partial charge >= 0.3 is 0 Å². The van der Waals surface area contributed by atoms with Crippen molar-refractivity contribution >= 4 is 12.0 Å². The van der Waals surface area contributed by atoms with Gasteiger partial charge in [-0.1, -0.05) is 18.2 Å². The average molecular weight is 498 g/mol. The van der Waals surface area contributed by atoms with Crippen LogP contribution in [-0.4, -0.2) is 24.5 Å². The monoisotopic (exact) mass is 497 g/mol. The van der Waals surface area contributed by atoms with Gasteiger partial charge in [-0.2, -0.15) is 0 Å². The molecule has 3 aromatic carbocycles. The number of alkyl halides is 2. The number of aromatic hydroxyl groups is 1. The van der Waals surface area contributed by atoms with Gasteiger partial charge in [0.05, 0.1) is 0 Å². The largest absolute Gasteiger partial charge is 0.508 e. The summed E-state index contributed by atoms with van der Waals surface area (Å²) < 4.78 is 60.2. The number of carbonyl (C=O) groups excluding carboxylic acids is 1. The number of phenolic OH excluding ortho intramolecular Hbond substituents is 1. The number of aldehydes is 1. The van der Waals surface area contributed by atoms with Crippen molar-refractivity contribution < 1.29 is 27.5 Å². The number of phenols is 1. The zero-order valence-electron chi connectivity index (χ0n) is 19.9. The van der Waals surface area contributed by atoms with Crippen molar-refractivity contribution in [1.82, 2.24) is 0 Å². The van der Waals surface area contributed by atoms with Gasteiger partial charge in [-0.25, -0.2) is 17.6 Å². The molecule has 7 heteroatoms. The van der Waals surface area contributed by atoms with Crippen molar-refractivity contribution in [3.63, 3.8) is 0 Å². The maximum Gasteiger partial charge on any atom is 0.274 e. The molecule has 0 aromatic heterocycles. The molecular formula is C29H27F4NO2. The number of carbonyl (C=O) groups is 1. The van der Waals surface area contributed by atoms with Crippen molar-refractivity contribution in [2.75, 3.05) is 18.0 Å². The van der Waals surface area contributed by atoms with Crippen molar-refractivity contribution in [2.24, 2.45) is 5.92 Å². The summed E-state index contributed by atoms with van der Waals surface area (Å²) in [5.41, 5.74) is 1.68. The number of anilines is 1. The maximum atomic E-state index is 15.3. The third kappa shape index (κ3) is 4.36. The molecule has 0 bridgehead atoms. The third-order valence-electron chi connectivity index (χ3n) is 7.67. The van der Waals surface area contributed by atoms with Crippen LogP contribution < -0.4 is 4.90 Å². The van der Waals surface area contributed by atoms with Gasteiger partial charge in [0, 0.05) is 48.5 Å². The van der Waals surface area contributed by atoms with E-state index in [0.29, 0.717) is 5.56 Å². The molecule has 1 aliphatic carbocycles. The van der Waals surface area contributed by atoms with E-state index in [9.17, 15) is 14.3 Å². The fraction of sp³-hybridized carbons (Fsp3) is 0.345. The fourth-order valence-corrected chi connectivity index (χ4v) is 5.69. The molecule has 2 atom stereocenters. The topological polar surface area (TPSA) is 40.5 Å². The molecule has 188 valence electrons. The predicted octanol–water partition coefficient (Wildman–Crippen LogP) is 6.81. The molecule has 36 heavy (non-hydrogen) atoms. The van der Waals surface area contributed by atoms with Crippen LogP contribution in [0.2, 0.25) is 0 Å². The number of halogens is 4. The number of rotatable bonds is 4. The Labute approximate surface area is 207 Å². The Balaban J connectivity index is 1.58. The number of fused-ring (bicyclic) bond motifs is 1. The Kier molecular flexibility index (Phi) is 6.27. The molecular weight excluding hydrogens is 470 g/mol. The van der Waals surface area contributed by atoms with Gasteiger partial charge in [0.1, 0.15) is 23.7 Å². The van der Waals surface area contributed by atoms with E-state index in [1.54, 1.807) is 0 Å². The lowest BCUT2D eigenvalue weighted by molar-refractivity contribution is -0.111. The summed E-state index contributed by atoms with van der Waals surface area (Å²) in [7, 11) is 0. The molecule has 1 heterocycles. The van der Waals surface area contributed by atoms with E-state index in [4.69, 9.17) is 0 Å². The smallest absolute Gasteiger partial charge is 0.274 e. The number of piperidine rings is 1. The summed E-state index contributed by atoms with van der Waals surface area (Å²) in [4.78, 5) is 13.2. The van der Waals surface area contributed by atoms with Gasteiger partial charge in [-0.15, -0.1) is 0 Å². The van der Waals surface area contributed by atoms with E-state index in [0.717, 1.165) is 56.1 Å². The molecule has 0 radical (unpaired) electrons. The van der Waals surface area contributed by atoms with Crippen molar-refractivity contribution in [3.05, 3.63) is 94.0 Å². The van der Waals surface area contributed by atoms with Crippen LogP contribution in [0.5, 0.6) is 5.75 Å². The minimum atomic E-state index is -3.33. The predicted molar refractivity (Wildman–Crippen MR) is 130 cm³/mol. The normalized spacial score (nSPS) is 21.8. The molecule has 5 rings (SSSR count). The van der Waals surface area contributed by atoms with E-state index in [2.05, 4.69) is 4.90 Å². The quantitative estimate of drug-likeness (QED) is 0.318. The Morgan fingerprint density at radius 3 is 2.31 bits per heavy atom. The van der Waals surface area contributed by atoms with Gasteiger partial charge in [0.2, 0.25) is 0 Å². The lowest BCUT2D eigenvalue weighted by atomic mass is 9.67. The molecule has 0 saturated carbocycles. The summed E-state index contributed by atoms with van der Waals surface area (Å²) in [6.45, 7) is 2.93.